The Morgan fingerprint density at radius 2 is 2.11 bits per heavy atom. The van der Waals surface area contributed by atoms with Crippen molar-refractivity contribution in [2.75, 3.05) is 39.5 Å². The fourth-order valence-corrected chi connectivity index (χ4v) is 2.29. The fourth-order valence-electron chi connectivity index (χ4n) is 2.29. The predicted molar refractivity (Wildman–Crippen MR) is 71.5 cm³/mol. The van der Waals surface area contributed by atoms with Crippen LogP contribution in [0.4, 0.5) is 0 Å². The standard InChI is InChI=1S/C14H27NO3/c1-5-18-13(16)11-17-9-8-15-7-6-12(10-15)14(2,3)4/h12H,5-11H2,1-4H3. The second-order valence-electron chi connectivity index (χ2n) is 6.01. The van der Waals surface area contributed by atoms with Gasteiger partial charge in [-0.25, -0.2) is 4.79 Å². The highest BCUT2D eigenvalue weighted by atomic mass is 16.6. The summed E-state index contributed by atoms with van der Waals surface area (Å²) in [5, 5.41) is 0. The van der Waals surface area contributed by atoms with Gasteiger partial charge in [0.1, 0.15) is 6.61 Å². The molecule has 1 aliphatic heterocycles. The molecule has 4 nitrogen and oxygen atoms in total. The third-order valence-corrected chi connectivity index (χ3v) is 3.57. The molecule has 106 valence electrons. The molecule has 0 saturated carbocycles. The van der Waals surface area contributed by atoms with Gasteiger partial charge in [-0.1, -0.05) is 20.8 Å². The molecule has 0 aromatic carbocycles. The molecule has 0 bridgehead atoms. The maximum atomic E-state index is 11.1. The molecular weight excluding hydrogens is 230 g/mol. The molecule has 0 radical (unpaired) electrons. The molecule has 1 aliphatic rings. The second kappa shape index (κ2) is 7.10. The minimum atomic E-state index is -0.272. The summed E-state index contributed by atoms with van der Waals surface area (Å²) in [6.45, 7) is 13.0. The minimum Gasteiger partial charge on any atom is -0.464 e. The highest BCUT2D eigenvalue weighted by Gasteiger charge is 2.31. The van der Waals surface area contributed by atoms with E-state index in [1.165, 1.54) is 6.42 Å². The van der Waals surface area contributed by atoms with E-state index in [4.69, 9.17) is 9.47 Å². The summed E-state index contributed by atoms with van der Waals surface area (Å²) in [6.07, 6.45) is 1.27. The Morgan fingerprint density at radius 3 is 2.67 bits per heavy atom. The SMILES string of the molecule is CCOC(=O)COCCN1CCC(C(C)(C)C)C1. The smallest absolute Gasteiger partial charge is 0.332 e. The second-order valence-corrected chi connectivity index (χ2v) is 6.01. The number of carbonyl (C=O) groups is 1. The van der Waals surface area contributed by atoms with Crippen molar-refractivity contribution in [2.24, 2.45) is 11.3 Å². The fraction of sp³-hybridized carbons (Fsp3) is 0.929. The number of nitrogens with zero attached hydrogens (tertiary/aromatic N) is 1. The largest absolute Gasteiger partial charge is 0.464 e. The molecular formula is C14H27NO3. The molecule has 0 amide bonds. The number of esters is 1. The van der Waals surface area contributed by atoms with Gasteiger partial charge in [-0.2, -0.15) is 0 Å². The van der Waals surface area contributed by atoms with E-state index in [1.54, 1.807) is 6.92 Å². The van der Waals surface area contributed by atoms with Crippen LogP contribution in [0.2, 0.25) is 0 Å². The van der Waals surface area contributed by atoms with E-state index in [1.807, 2.05) is 0 Å². The molecule has 1 unspecified atom stereocenters. The van der Waals surface area contributed by atoms with E-state index < -0.39 is 0 Å². The van der Waals surface area contributed by atoms with Crippen LogP contribution < -0.4 is 0 Å². The van der Waals surface area contributed by atoms with Crippen LogP contribution in [-0.2, 0) is 14.3 Å². The van der Waals surface area contributed by atoms with E-state index in [0.29, 0.717) is 18.6 Å². The highest BCUT2D eigenvalue weighted by Crippen LogP contribution is 2.33. The third-order valence-electron chi connectivity index (χ3n) is 3.57. The quantitative estimate of drug-likeness (QED) is 0.538. The summed E-state index contributed by atoms with van der Waals surface area (Å²) in [6, 6.07) is 0. The third kappa shape index (κ3) is 5.36. The Hall–Kier alpha value is -0.610. The average molecular weight is 257 g/mol. The molecule has 4 heteroatoms. The molecule has 0 aliphatic carbocycles. The molecule has 1 rings (SSSR count). The molecule has 1 atom stereocenters. The predicted octanol–water partition coefficient (Wildman–Crippen LogP) is 1.93. The lowest BCUT2D eigenvalue weighted by atomic mass is 9.80. The van der Waals surface area contributed by atoms with Crippen LogP contribution in [0, 0.1) is 11.3 Å². The van der Waals surface area contributed by atoms with Crippen LogP contribution >= 0.6 is 0 Å². The average Bonchev–Trinajstić information content (AvgIpc) is 2.73. The van der Waals surface area contributed by atoms with Gasteiger partial charge < -0.3 is 14.4 Å². The molecule has 1 saturated heterocycles. The number of rotatable bonds is 6. The van der Waals surface area contributed by atoms with Gasteiger partial charge in [-0.3, -0.25) is 0 Å². The molecule has 0 aromatic heterocycles. The molecule has 1 fully saturated rings. The van der Waals surface area contributed by atoms with Crippen LogP contribution in [0.25, 0.3) is 0 Å². The van der Waals surface area contributed by atoms with Crippen LogP contribution in [0.3, 0.4) is 0 Å². The topological polar surface area (TPSA) is 38.8 Å². The van der Waals surface area contributed by atoms with Gasteiger partial charge >= 0.3 is 5.97 Å². The molecule has 0 aromatic rings. The van der Waals surface area contributed by atoms with Crippen molar-refractivity contribution in [1.82, 2.24) is 4.90 Å². The first-order chi connectivity index (χ1) is 8.43. The van der Waals surface area contributed by atoms with Crippen molar-refractivity contribution in [3.05, 3.63) is 0 Å². The summed E-state index contributed by atoms with van der Waals surface area (Å²) < 4.78 is 10.1. The highest BCUT2D eigenvalue weighted by molar-refractivity contribution is 5.70. The van der Waals surface area contributed by atoms with Crippen LogP contribution in [0.5, 0.6) is 0 Å². The number of hydrogen-bond donors (Lipinski definition) is 0. The van der Waals surface area contributed by atoms with Crippen molar-refractivity contribution in [2.45, 2.75) is 34.1 Å². The summed E-state index contributed by atoms with van der Waals surface area (Å²) in [5.74, 6) is 0.494. The molecule has 18 heavy (non-hydrogen) atoms. The Bertz CT molecular complexity index is 260. The summed E-state index contributed by atoms with van der Waals surface area (Å²) in [7, 11) is 0. The number of carbonyl (C=O) groups excluding carboxylic acids is 1. The van der Waals surface area contributed by atoms with Crippen molar-refractivity contribution < 1.29 is 14.3 Å². The summed E-state index contributed by atoms with van der Waals surface area (Å²) >= 11 is 0. The van der Waals surface area contributed by atoms with E-state index in [-0.39, 0.29) is 12.6 Å². The van der Waals surface area contributed by atoms with E-state index >= 15 is 0 Å². The van der Waals surface area contributed by atoms with Crippen LogP contribution in [-0.4, -0.2) is 50.3 Å². The van der Waals surface area contributed by atoms with Gasteiger partial charge in [0.15, 0.2) is 0 Å². The van der Waals surface area contributed by atoms with Crippen LogP contribution in [0.15, 0.2) is 0 Å². The first-order valence-electron chi connectivity index (χ1n) is 6.89. The molecule has 0 N–H and O–H groups in total. The molecule has 1 heterocycles. The lowest BCUT2D eigenvalue weighted by Crippen LogP contribution is -2.29. The number of likely N-dealkylation sites (tertiary alicyclic amines) is 1. The zero-order valence-corrected chi connectivity index (χ0v) is 12.2. The van der Waals surface area contributed by atoms with Gasteiger partial charge in [0.25, 0.3) is 0 Å². The molecule has 0 spiro atoms. The maximum Gasteiger partial charge on any atom is 0.332 e. The first kappa shape index (κ1) is 15.4. The zero-order valence-electron chi connectivity index (χ0n) is 12.2. The lowest BCUT2D eigenvalue weighted by Gasteiger charge is -2.27. The zero-order chi connectivity index (χ0) is 13.6. The van der Waals surface area contributed by atoms with Crippen molar-refractivity contribution in [3.8, 4) is 0 Å². The van der Waals surface area contributed by atoms with E-state index in [2.05, 4.69) is 25.7 Å². The van der Waals surface area contributed by atoms with Gasteiger partial charge in [0.2, 0.25) is 0 Å². The Kier molecular flexibility index (Phi) is 6.09. The van der Waals surface area contributed by atoms with Crippen molar-refractivity contribution >= 4 is 5.97 Å². The normalized spacial score (nSPS) is 21.2. The number of hydrogen-bond acceptors (Lipinski definition) is 4. The van der Waals surface area contributed by atoms with Gasteiger partial charge in [0.05, 0.1) is 13.2 Å². The maximum absolute atomic E-state index is 11.1. The Labute approximate surface area is 111 Å². The van der Waals surface area contributed by atoms with Gasteiger partial charge in [-0.15, -0.1) is 0 Å². The Balaban J connectivity index is 2.09. The van der Waals surface area contributed by atoms with Crippen molar-refractivity contribution in [3.63, 3.8) is 0 Å². The van der Waals surface area contributed by atoms with E-state index in [9.17, 15) is 4.79 Å². The van der Waals surface area contributed by atoms with Gasteiger partial charge in [0, 0.05) is 13.1 Å². The minimum absolute atomic E-state index is 0.0738. The summed E-state index contributed by atoms with van der Waals surface area (Å²) in [4.78, 5) is 13.5. The first-order valence-corrected chi connectivity index (χ1v) is 6.89. The monoisotopic (exact) mass is 257 g/mol. The Morgan fingerprint density at radius 1 is 1.39 bits per heavy atom. The van der Waals surface area contributed by atoms with Gasteiger partial charge in [-0.05, 0) is 31.2 Å². The number of ether oxygens (including phenoxy) is 2. The lowest BCUT2D eigenvalue weighted by molar-refractivity contribution is -0.148. The van der Waals surface area contributed by atoms with E-state index in [0.717, 1.165) is 25.6 Å². The van der Waals surface area contributed by atoms with Crippen LogP contribution in [0.1, 0.15) is 34.1 Å². The van der Waals surface area contributed by atoms with Crippen molar-refractivity contribution in [1.29, 1.82) is 0 Å². The summed E-state index contributed by atoms with van der Waals surface area (Å²) in [5.41, 5.74) is 0.389.